The second-order valence-electron chi connectivity index (χ2n) is 3.27. The SMILES string of the molecule is O=Cc1ccc(C(F)C(F)(F)C(F)(F)F)cc1. The first-order valence-electron chi connectivity index (χ1n) is 4.34. The molecule has 17 heavy (non-hydrogen) atoms. The third-order valence-electron chi connectivity index (χ3n) is 2.06. The number of aldehydes is 1. The van der Waals surface area contributed by atoms with Gasteiger partial charge in [-0.1, -0.05) is 24.3 Å². The Morgan fingerprint density at radius 3 is 1.82 bits per heavy atom. The second-order valence-corrected chi connectivity index (χ2v) is 3.27. The van der Waals surface area contributed by atoms with Gasteiger partial charge in [-0.2, -0.15) is 22.0 Å². The van der Waals surface area contributed by atoms with Gasteiger partial charge in [-0.15, -0.1) is 0 Å². The number of halogens is 6. The van der Waals surface area contributed by atoms with Gasteiger partial charge in [0.05, 0.1) is 0 Å². The largest absolute Gasteiger partial charge is 0.456 e. The van der Waals surface area contributed by atoms with Gasteiger partial charge >= 0.3 is 12.1 Å². The number of hydrogen-bond acceptors (Lipinski definition) is 1. The number of alkyl halides is 6. The quantitative estimate of drug-likeness (QED) is 0.595. The molecule has 0 N–H and O–H groups in total. The van der Waals surface area contributed by atoms with Crippen molar-refractivity contribution in [1.29, 1.82) is 0 Å². The second kappa shape index (κ2) is 4.38. The van der Waals surface area contributed by atoms with E-state index in [9.17, 15) is 31.1 Å². The Morgan fingerprint density at radius 1 is 1.00 bits per heavy atom. The molecule has 1 aromatic carbocycles. The van der Waals surface area contributed by atoms with Crippen molar-refractivity contribution in [2.24, 2.45) is 0 Å². The molecule has 7 heteroatoms. The molecule has 0 aliphatic rings. The van der Waals surface area contributed by atoms with E-state index in [0.717, 1.165) is 12.1 Å². The summed E-state index contributed by atoms with van der Waals surface area (Å²) in [5.74, 6) is -5.46. The van der Waals surface area contributed by atoms with E-state index in [1.807, 2.05) is 0 Å². The fraction of sp³-hybridized carbons (Fsp3) is 0.300. The van der Waals surface area contributed by atoms with Crippen LogP contribution in [0.5, 0.6) is 0 Å². The first kappa shape index (κ1) is 13.5. The van der Waals surface area contributed by atoms with Gasteiger partial charge in [0.1, 0.15) is 6.29 Å². The number of rotatable bonds is 3. The number of benzene rings is 1. The van der Waals surface area contributed by atoms with Crippen molar-refractivity contribution in [2.45, 2.75) is 18.3 Å². The zero-order valence-electron chi connectivity index (χ0n) is 8.14. The van der Waals surface area contributed by atoms with Gasteiger partial charge in [0.2, 0.25) is 0 Å². The first-order valence-corrected chi connectivity index (χ1v) is 4.34. The van der Waals surface area contributed by atoms with Crippen LogP contribution in [0.1, 0.15) is 22.1 Å². The number of hydrogen-bond donors (Lipinski definition) is 0. The molecular weight excluding hydrogens is 250 g/mol. The third kappa shape index (κ3) is 2.59. The molecule has 0 fully saturated rings. The van der Waals surface area contributed by atoms with Gasteiger partial charge in [-0.3, -0.25) is 4.79 Å². The topological polar surface area (TPSA) is 17.1 Å². The van der Waals surface area contributed by atoms with Crippen molar-refractivity contribution in [3.63, 3.8) is 0 Å². The van der Waals surface area contributed by atoms with Crippen molar-refractivity contribution < 1.29 is 31.1 Å². The maximum Gasteiger partial charge on any atom is 0.456 e. The molecule has 0 aromatic heterocycles. The molecular formula is C10H6F6O. The normalized spacial score (nSPS) is 14.5. The van der Waals surface area contributed by atoms with Crippen LogP contribution in [0, 0.1) is 0 Å². The lowest BCUT2D eigenvalue weighted by atomic mass is 10.0. The molecule has 1 unspecified atom stereocenters. The van der Waals surface area contributed by atoms with Gasteiger partial charge in [0.25, 0.3) is 0 Å². The molecule has 0 heterocycles. The average molecular weight is 256 g/mol. The highest BCUT2D eigenvalue weighted by Crippen LogP contribution is 2.46. The average Bonchev–Trinajstić information content (AvgIpc) is 2.26. The number of carbonyl (C=O) groups excluding carboxylic acids is 1. The van der Waals surface area contributed by atoms with E-state index in [0.29, 0.717) is 18.4 Å². The van der Waals surface area contributed by atoms with Crippen molar-refractivity contribution in [3.8, 4) is 0 Å². The molecule has 1 nitrogen and oxygen atoms in total. The fourth-order valence-corrected chi connectivity index (χ4v) is 1.10. The summed E-state index contributed by atoms with van der Waals surface area (Å²) >= 11 is 0. The van der Waals surface area contributed by atoms with Gasteiger partial charge in [0, 0.05) is 5.56 Å². The first-order chi connectivity index (χ1) is 7.70. The van der Waals surface area contributed by atoms with E-state index in [1.54, 1.807) is 0 Å². The van der Waals surface area contributed by atoms with Crippen LogP contribution in [0.25, 0.3) is 0 Å². The van der Waals surface area contributed by atoms with Crippen LogP contribution in [0.3, 0.4) is 0 Å². The highest BCUT2D eigenvalue weighted by atomic mass is 19.4. The molecule has 94 valence electrons. The summed E-state index contributed by atoms with van der Waals surface area (Å²) in [6.07, 6.45) is -9.10. The van der Waals surface area contributed by atoms with Gasteiger partial charge < -0.3 is 0 Å². The van der Waals surface area contributed by atoms with Crippen LogP contribution in [0.2, 0.25) is 0 Å². The van der Waals surface area contributed by atoms with Crippen LogP contribution >= 0.6 is 0 Å². The van der Waals surface area contributed by atoms with Gasteiger partial charge in [-0.05, 0) is 5.56 Å². The molecule has 0 aliphatic heterocycles. The van der Waals surface area contributed by atoms with E-state index in [4.69, 9.17) is 0 Å². The minimum atomic E-state index is -5.96. The van der Waals surface area contributed by atoms with E-state index in [1.165, 1.54) is 0 Å². The summed E-state index contributed by atoms with van der Waals surface area (Å²) in [7, 11) is 0. The minimum Gasteiger partial charge on any atom is -0.298 e. The van der Waals surface area contributed by atoms with Gasteiger partial charge in [0.15, 0.2) is 6.17 Å². The zero-order valence-corrected chi connectivity index (χ0v) is 8.14. The molecule has 0 saturated heterocycles. The summed E-state index contributed by atoms with van der Waals surface area (Å²) in [6.45, 7) is 0. The predicted octanol–water partition coefficient (Wildman–Crippen LogP) is 3.71. The zero-order chi connectivity index (χ0) is 13.3. The van der Waals surface area contributed by atoms with Crippen LogP contribution in [0.15, 0.2) is 24.3 Å². The smallest absolute Gasteiger partial charge is 0.298 e. The van der Waals surface area contributed by atoms with E-state index < -0.39 is 23.8 Å². The maximum atomic E-state index is 13.1. The lowest BCUT2D eigenvalue weighted by Crippen LogP contribution is -2.40. The molecule has 0 bridgehead atoms. The minimum absolute atomic E-state index is 0.0521. The molecule has 0 aliphatic carbocycles. The monoisotopic (exact) mass is 256 g/mol. The van der Waals surface area contributed by atoms with Crippen molar-refractivity contribution in [3.05, 3.63) is 35.4 Å². The molecule has 0 amide bonds. The Morgan fingerprint density at radius 2 is 1.47 bits per heavy atom. The maximum absolute atomic E-state index is 13.1. The standard InChI is InChI=1S/C10H6F6O/c11-8(9(12,13)10(14,15)16)7-3-1-6(5-17)2-4-7/h1-5,8H. The Balaban J connectivity index is 3.03. The highest BCUT2D eigenvalue weighted by Gasteiger charge is 2.63. The van der Waals surface area contributed by atoms with E-state index in [2.05, 4.69) is 0 Å². The summed E-state index contributed by atoms with van der Waals surface area (Å²) in [5.41, 5.74) is -0.783. The molecule has 0 radical (unpaired) electrons. The summed E-state index contributed by atoms with van der Waals surface area (Å²) in [4.78, 5) is 10.2. The van der Waals surface area contributed by atoms with Crippen molar-refractivity contribution in [1.82, 2.24) is 0 Å². The van der Waals surface area contributed by atoms with Crippen LogP contribution in [0.4, 0.5) is 26.3 Å². The van der Waals surface area contributed by atoms with Gasteiger partial charge in [-0.25, -0.2) is 4.39 Å². The summed E-state index contributed by atoms with van der Waals surface area (Å²) in [5, 5.41) is 0. The summed E-state index contributed by atoms with van der Waals surface area (Å²) < 4.78 is 73.9. The third-order valence-corrected chi connectivity index (χ3v) is 2.06. The Kier molecular flexibility index (Phi) is 3.49. The van der Waals surface area contributed by atoms with Crippen LogP contribution in [-0.4, -0.2) is 18.4 Å². The summed E-state index contributed by atoms with van der Waals surface area (Å²) in [6, 6.07) is 3.35. The Labute approximate surface area is 92.0 Å². The molecule has 1 aromatic rings. The number of carbonyl (C=O) groups is 1. The van der Waals surface area contributed by atoms with Crippen molar-refractivity contribution >= 4 is 6.29 Å². The molecule has 1 atom stereocenters. The fourth-order valence-electron chi connectivity index (χ4n) is 1.10. The van der Waals surface area contributed by atoms with Crippen molar-refractivity contribution in [2.75, 3.05) is 0 Å². The molecule has 1 rings (SSSR count). The molecule has 0 spiro atoms. The van der Waals surface area contributed by atoms with E-state index in [-0.39, 0.29) is 5.56 Å². The lowest BCUT2D eigenvalue weighted by Gasteiger charge is -2.23. The van der Waals surface area contributed by atoms with E-state index >= 15 is 0 Å². The highest BCUT2D eigenvalue weighted by molar-refractivity contribution is 5.74. The predicted molar refractivity (Wildman–Crippen MR) is 46.7 cm³/mol. The van der Waals surface area contributed by atoms with Crippen LogP contribution < -0.4 is 0 Å². The lowest BCUT2D eigenvalue weighted by molar-refractivity contribution is -0.305. The molecule has 0 saturated carbocycles. The Hall–Kier alpha value is -1.53. The Bertz CT molecular complexity index is 394. The van der Waals surface area contributed by atoms with Crippen LogP contribution in [-0.2, 0) is 0 Å².